The van der Waals surface area contributed by atoms with E-state index in [0.717, 1.165) is 24.9 Å². The van der Waals surface area contributed by atoms with Crippen LogP contribution in [0.4, 0.5) is 5.69 Å². The Morgan fingerprint density at radius 2 is 2.00 bits per heavy atom. The lowest BCUT2D eigenvalue weighted by Gasteiger charge is -2.08. The minimum absolute atomic E-state index is 0.956. The molecule has 0 saturated carbocycles. The molecule has 0 atom stereocenters. The van der Waals surface area contributed by atoms with Crippen LogP contribution in [-0.2, 0) is 12.8 Å². The van der Waals surface area contributed by atoms with E-state index in [9.17, 15) is 0 Å². The van der Waals surface area contributed by atoms with Gasteiger partial charge in [0.2, 0.25) is 0 Å². The molecule has 0 amide bonds. The molecule has 20 heavy (non-hydrogen) atoms. The number of para-hydroxylation sites is 1. The Hall–Kier alpha value is -2.35. The molecule has 0 aliphatic carbocycles. The quantitative estimate of drug-likeness (QED) is 0.758. The van der Waals surface area contributed by atoms with Crippen molar-refractivity contribution in [3.63, 3.8) is 0 Å². The second-order valence-electron chi connectivity index (χ2n) is 5.33. The number of pyridine rings is 1. The summed E-state index contributed by atoms with van der Waals surface area (Å²) >= 11 is 0. The number of benzene rings is 2. The Morgan fingerprint density at radius 3 is 3.00 bits per heavy atom. The first-order valence-electron chi connectivity index (χ1n) is 7.08. The molecule has 0 saturated heterocycles. The Kier molecular flexibility index (Phi) is 2.66. The number of fused-ring (bicyclic) bond motifs is 2. The van der Waals surface area contributed by atoms with Gasteiger partial charge in [0.25, 0.3) is 0 Å². The summed E-state index contributed by atoms with van der Waals surface area (Å²) in [6.07, 6.45) is 4.01. The third kappa shape index (κ3) is 1.94. The molecular formula is C18H16N2. The molecule has 2 heteroatoms. The monoisotopic (exact) mass is 260 g/mol. The molecule has 0 bridgehead atoms. The van der Waals surface area contributed by atoms with E-state index < -0.39 is 0 Å². The summed E-state index contributed by atoms with van der Waals surface area (Å²) < 4.78 is 0. The molecule has 98 valence electrons. The standard InChI is InChI=1S/C18H16N2/c1-2-4-17-16(3-1)15(8-10-19-17)11-13-5-6-14-7-9-20-18(14)12-13/h1-6,8,10,12,20H,7,9,11H2. The van der Waals surface area contributed by atoms with E-state index in [1.54, 1.807) is 0 Å². The topological polar surface area (TPSA) is 24.9 Å². The number of anilines is 1. The number of rotatable bonds is 2. The summed E-state index contributed by atoms with van der Waals surface area (Å²) in [5.41, 5.74) is 6.52. The van der Waals surface area contributed by atoms with Crippen LogP contribution < -0.4 is 5.32 Å². The fraction of sp³-hybridized carbons (Fsp3) is 0.167. The van der Waals surface area contributed by atoms with Crippen LogP contribution >= 0.6 is 0 Å². The van der Waals surface area contributed by atoms with Crippen molar-refractivity contribution < 1.29 is 0 Å². The zero-order chi connectivity index (χ0) is 13.4. The van der Waals surface area contributed by atoms with Gasteiger partial charge in [0.05, 0.1) is 5.52 Å². The van der Waals surface area contributed by atoms with Crippen LogP contribution in [0.2, 0.25) is 0 Å². The molecular weight excluding hydrogens is 244 g/mol. The Morgan fingerprint density at radius 1 is 1.05 bits per heavy atom. The molecule has 1 aliphatic heterocycles. The van der Waals surface area contributed by atoms with Gasteiger partial charge in [-0.05, 0) is 47.7 Å². The highest BCUT2D eigenvalue weighted by Crippen LogP contribution is 2.26. The van der Waals surface area contributed by atoms with E-state index in [-0.39, 0.29) is 0 Å². The van der Waals surface area contributed by atoms with Crippen LogP contribution in [0.25, 0.3) is 10.9 Å². The van der Waals surface area contributed by atoms with Crippen molar-refractivity contribution >= 4 is 16.6 Å². The first-order chi connectivity index (χ1) is 9.90. The number of hydrogen-bond donors (Lipinski definition) is 1. The average Bonchev–Trinajstić information content (AvgIpc) is 2.95. The third-order valence-corrected chi connectivity index (χ3v) is 4.02. The zero-order valence-electron chi connectivity index (χ0n) is 11.3. The predicted molar refractivity (Wildman–Crippen MR) is 83.2 cm³/mol. The molecule has 0 fully saturated rings. The Bertz CT molecular complexity index is 772. The van der Waals surface area contributed by atoms with Gasteiger partial charge < -0.3 is 5.32 Å². The molecule has 2 heterocycles. The lowest BCUT2D eigenvalue weighted by molar-refractivity contribution is 1.10. The van der Waals surface area contributed by atoms with Gasteiger partial charge in [-0.1, -0.05) is 30.3 Å². The van der Waals surface area contributed by atoms with Gasteiger partial charge in [-0.15, -0.1) is 0 Å². The molecule has 1 N–H and O–H groups in total. The van der Waals surface area contributed by atoms with E-state index in [0.29, 0.717) is 0 Å². The minimum atomic E-state index is 0.956. The maximum atomic E-state index is 4.43. The van der Waals surface area contributed by atoms with Crippen LogP contribution in [0.3, 0.4) is 0 Å². The molecule has 0 unspecified atom stereocenters. The van der Waals surface area contributed by atoms with Gasteiger partial charge in [-0.3, -0.25) is 4.98 Å². The summed E-state index contributed by atoms with van der Waals surface area (Å²) in [6, 6.07) is 17.3. The molecule has 1 aromatic heterocycles. The predicted octanol–water partition coefficient (Wildman–Crippen LogP) is 3.79. The van der Waals surface area contributed by atoms with Crippen molar-refractivity contribution in [1.29, 1.82) is 0 Å². The van der Waals surface area contributed by atoms with Crippen LogP contribution in [0, 0.1) is 0 Å². The number of aromatic nitrogens is 1. The highest BCUT2D eigenvalue weighted by Gasteiger charge is 2.10. The zero-order valence-corrected chi connectivity index (χ0v) is 11.3. The normalized spacial score (nSPS) is 13.2. The van der Waals surface area contributed by atoms with Crippen LogP contribution in [0.5, 0.6) is 0 Å². The molecule has 4 rings (SSSR count). The van der Waals surface area contributed by atoms with Gasteiger partial charge >= 0.3 is 0 Å². The van der Waals surface area contributed by atoms with E-state index in [1.165, 1.54) is 27.8 Å². The fourth-order valence-corrected chi connectivity index (χ4v) is 2.98. The third-order valence-electron chi connectivity index (χ3n) is 4.02. The summed E-state index contributed by atoms with van der Waals surface area (Å²) in [5.74, 6) is 0. The van der Waals surface area contributed by atoms with Crippen molar-refractivity contribution in [1.82, 2.24) is 4.98 Å². The highest BCUT2D eigenvalue weighted by molar-refractivity contribution is 5.82. The van der Waals surface area contributed by atoms with E-state index >= 15 is 0 Å². The smallest absolute Gasteiger partial charge is 0.0704 e. The van der Waals surface area contributed by atoms with Crippen LogP contribution in [-0.4, -0.2) is 11.5 Å². The van der Waals surface area contributed by atoms with Crippen molar-refractivity contribution in [2.45, 2.75) is 12.8 Å². The first kappa shape index (κ1) is 11.5. The molecule has 1 aliphatic rings. The van der Waals surface area contributed by atoms with Gasteiger partial charge in [0.1, 0.15) is 0 Å². The van der Waals surface area contributed by atoms with Crippen molar-refractivity contribution in [3.8, 4) is 0 Å². The fourth-order valence-electron chi connectivity index (χ4n) is 2.98. The second-order valence-corrected chi connectivity index (χ2v) is 5.33. The van der Waals surface area contributed by atoms with Crippen molar-refractivity contribution in [2.24, 2.45) is 0 Å². The minimum Gasteiger partial charge on any atom is -0.384 e. The van der Waals surface area contributed by atoms with Gasteiger partial charge in [0.15, 0.2) is 0 Å². The summed E-state index contributed by atoms with van der Waals surface area (Å²) in [5, 5.41) is 4.70. The lowest BCUT2D eigenvalue weighted by Crippen LogP contribution is -1.94. The SMILES string of the molecule is c1ccc2c(Cc3ccc4c(c3)NCC4)ccnc2c1. The van der Waals surface area contributed by atoms with Crippen molar-refractivity contribution in [3.05, 3.63) is 71.4 Å². The number of nitrogens with zero attached hydrogens (tertiary/aromatic N) is 1. The second kappa shape index (κ2) is 4.64. The van der Waals surface area contributed by atoms with Crippen LogP contribution in [0.15, 0.2) is 54.7 Å². The lowest BCUT2D eigenvalue weighted by atomic mass is 9.99. The molecule has 0 radical (unpaired) electrons. The highest BCUT2D eigenvalue weighted by atomic mass is 14.9. The van der Waals surface area contributed by atoms with Crippen LogP contribution in [0.1, 0.15) is 16.7 Å². The largest absolute Gasteiger partial charge is 0.384 e. The maximum Gasteiger partial charge on any atom is 0.0704 e. The van der Waals surface area contributed by atoms with Gasteiger partial charge in [0, 0.05) is 23.8 Å². The summed E-state index contributed by atoms with van der Waals surface area (Å²) in [4.78, 5) is 4.43. The Labute approximate surface area is 118 Å². The van der Waals surface area contributed by atoms with E-state index in [1.807, 2.05) is 12.3 Å². The number of nitrogens with one attached hydrogen (secondary N) is 1. The number of hydrogen-bond acceptors (Lipinski definition) is 2. The molecule has 2 nitrogen and oxygen atoms in total. The maximum absolute atomic E-state index is 4.43. The van der Waals surface area contributed by atoms with Crippen molar-refractivity contribution in [2.75, 3.05) is 11.9 Å². The van der Waals surface area contributed by atoms with E-state index in [4.69, 9.17) is 0 Å². The Balaban J connectivity index is 1.74. The molecule has 3 aromatic rings. The molecule has 2 aromatic carbocycles. The van der Waals surface area contributed by atoms with E-state index in [2.05, 4.69) is 52.8 Å². The van der Waals surface area contributed by atoms with Gasteiger partial charge in [-0.25, -0.2) is 0 Å². The van der Waals surface area contributed by atoms with Gasteiger partial charge in [-0.2, -0.15) is 0 Å². The summed E-state index contributed by atoms with van der Waals surface area (Å²) in [6.45, 7) is 1.07. The average molecular weight is 260 g/mol. The molecule has 0 spiro atoms. The first-order valence-corrected chi connectivity index (χ1v) is 7.08. The summed E-state index contributed by atoms with van der Waals surface area (Å²) in [7, 11) is 0.